The second-order valence-corrected chi connectivity index (χ2v) is 5.64. The third-order valence-electron chi connectivity index (χ3n) is 2.51. The number of amides is 1. The zero-order chi connectivity index (χ0) is 12.9. The number of rotatable bonds is 3. The molecule has 1 atom stereocenters. The number of hydrogen-bond acceptors (Lipinski definition) is 5. The average molecular weight is 265 g/mol. The van der Waals surface area contributed by atoms with Gasteiger partial charge < -0.3 is 9.64 Å². The highest BCUT2D eigenvalue weighted by molar-refractivity contribution is 7.86. The van der Waals surface area contributed by atoms with Crippen molar-refractivity contribution in [3.63, 3.8) is 0 Å². The van der Waals surface area contributed by atoms with E-state index in [0.29, 0.717) is 32.5 Å². The van der Waals surface area contributed by atoms with Crippen LogP contribution in [0.2, 0.25) is 0 Å². The van der Waals surface area contributed by atoms with Crippen LogP contribution < -0.4 is 0 Å². The lowest BCUT2D eigenvalue weighted by atomic mass is 10.2. The van der Waals surface area contributed by atoms with E-state index in [-0.39, 0.29) is 12.2 Å². The summed E-state index contributed by atoms with van der Waals surface area (Å²) in [5, 5.41) is 0. The first-order chi connectivity index (χ1) is 7.92. The lowest BCUT2D eigenvalue weighted by Crippen LogP contribution is -2.33. The minimum atomic E-state index is -3.42. The quantitative estimate of drug-likeness (QED) is 0.711. The Kier molecular flexibility index (Phi) is 5.20. The van der Waals surface area contributed by atoms with Gasteiger partial charge in [0.05, 0.1) is 19.0 Å². The standard InChI is InChI=1S/C10H19NO5S/c1-3-15-10(12)11-7-4-5-9(6-8-11)16-17(2,13)14/h9H,3-8H2,1-2H3/t9-/m1/s1. The molecule has 0 bridgehead atoms. The molecule has 0 spiro atoms. The molecule has 1 heterocycles. The van der Waals surface area contributed by atoms with E-state index in [1.54, 1.807) is 11.8 Å². The van der Waals surface area contributed by atoms with Crippen molar-refractivity contribution in [2.45, 2.75) is 32.3 Å². The van der Waals surface area contributed by atoms with Crippen LogP contribution in [0.4, 0.5) is 4.79 Å². The number of carbonyl (C=O) groups is 1. The number of carbonyl (C=O) groups excluding carboxylic acids is 1. The van der Waals surface area contributed by atoms with Gasteiger partial charge in [0, 0.05) is 13.1 Å². The Balaban J connectivity index is 2.47. The molecular weight excluding hydrogens is 246 g/mol. The molecule has 1 amide bonds. The Morgan fingerprint density at radius 1 is 1.35 bits per heavy atom. The largest absolute Gasteiger partial charge is 0.450 e. The van der Waals surface area contributed by atoms with E-state index in [2.05, 4.69) is 0 Å². The summed E-state index contributed by atoms with van der Waals surface area (Å²) in [5.74, 6) is 0. The first-order valence-electron chi connectivity index (χ1n) is 5.72. The summed E-state index contributed by atoms with van der Waals surface area (Å²) in [6.45, 7) is 3.16. The monoisotopic (exact) mass is 265 g/mol. The lowest BCUT2D eigenvalue weighted by molar-refractivity contribution is 0.107. The molecule has 0 N–H and O–H groups in total. The Morgan fingerprint density at radius 3 is 2.65 bits per heavy atom. The van der Waals surface area contributed by atoms with E-state index in [1.807, 2.05) is 0 Å². The highest BCUT2D eigenvalue weighted by atomic mass is 32.2. The second-order valence-electron chi connectivity index (χ2n) is 4.04. The SMILES string of the molecule is CCOC(=O)N1CCC[C@@H](OS(C)(=O)=O)CC1. The zero-order valence-electron chi connectivity index (χ0n) is 10.2. The second kappa shape index (κ2) is 6.20. The van der Waals surface area contributed by atoms with Gasteiger partial charge in [0.1, 0.15) is 0 Å². The minimum absolute atomic E-state index is 0.329. The first-order valence-corrected chi connectivity index (χ1v) is 7.54. The zero-order valence-corrected chi connectivity index (χ0v) is 11.0. The van der Waals surface area contributed by atoms with E-state index in [1.165, 1.54) is 0 Å². The summed E-state index contributed by atoms with van der Waals surface area (Å²) in [6.07, 6.45) is 2.26. The first kappa shape index (κ1) is 14.2. The van der Waals surface area contributed by atoms with Crippen LogP contribution in [0.5, 0.6) is 0 Å². The Morgan fingerprint density at radius 2 is 2.06 bits per heavy atom. The van der Waals surface area contributed by atoms with Crippen LogP contribution in [0, 0.1) is 0 Å². The molecular formula is C10H19NO5S. The maximum atomic E-state index is 11.5. The fraction of sp³-hybridized carbons (Fsp3) is 0.900. The molecule has 0 saturated carbocycles. The molecule has 17 heavy (non-hydrogen) atoms. The molecule has 6 nitrogen and oxygen atoms in total. The number of nitrogens with zero attached hydrogens (tertiary/aromatic N) is 1. The van der Waals surface area contributed by atoms with Crippen LogP contribution in [0.1, 0.15) is 26.2 Å². The minimum Gasteiger partial charge on any atom is -0.450 e. The van der Waals surface area contributed by atoms with E-state index < -0.39 is 10.1 Å². The molecule has 1 aliphatic heterocycles. The summed E-state index contributed by atoms with van der Waals surface area (Å²) < 4.78 is 31.8. The molecule has 1 rings (SSSR count). The fourth-order valence-corrected chi connectivity index (χ4v) is 2.49. The predicted octanol–water partition coefficient (Wildman–Crippen LogP) is 0.974. The van der Waals surface area contributed by atoms with E-state index in [9.17, 15) is 13.2 Å². The predicted molar refractivity (Wildman–Crippen MR) is 62.2 cm³/mol. The van der Waals surface area contributed by atoms with Crippen molar-refractivity contribution < 1.29 is 22.1 Å². The molecule has 1 fully saturated rings. The molecule has 0 aromatic rings. The van der Waals surface area contributed by atoms with E-state index in [4.69, 9.17) is 8.92 Å². The van der Waals surface area contributed by atoms with Crippen LogP contribution in [0.15, 0.2) is 0 Å². The highest BCUT2D eigenvalue weighted by Crippen LogP contribution is 2.16. The number of ether oxygens (including phenoxy) is 1. The molecule has 0 aliphatic carbocycles. The lowest BCUT2D eigenvalue weighted by Gasteiger charge is -2.19. The van der Waals surface area contributed by atoms with Crippen molar-refractivity contribution in [1.29, 1.82) is 0 Å². The summed E-state index contributed by atoms with van der Waals surface area (Å²) in [6, 6.07) is 0. The molecule has 1 aliphatic rings. The van der Waals surface area contributed by atoms with Gasteiger partial charge in [-0.15, -0.1) is 0 Å². The molecule has 0 radical (unpaired) electrons. The smallest absolute Gasteiger partial charge is 0.409 e. The molecule has 100 valence electrons. The number of hydrogen-bond donors (Lipinski definition) is 0. The van der Waals surface area contributed by atoms with Gasteiger partial charge in [0.2, 0.25) is 0 Å². The maximum absolute atomic E-state index is 11.5. The average Bonchev–Trinajstić information content (AvgIpc) is 2.41. The van der Waals surface area contributed by atoms with Gasteiger partial charge in [-0.3, -0.25) is 4.18 Å². The Labute approximate surface area is 102 Å². The van der Waals surface area contributed by atoms with Crippen molar-refractivity contribution in [1.82, 2.24) is 4.90 Å². The molecule has 0 unspecified atom stereocenters. The van der Waals surface area contributed by atoms with Crippen LogP contribution in [0.25, 0.3) is 0 Å². The van der Waals surface area contributed by atoms with Crippen molar-refractivity contribution in [2.75, 3.05) is 26.0 Å². The van der Waals surface area contributed by atoms with Gasteiger partial charge in [0.25, 0.3) is 10.1 Å². The van der Waals surface area contributed by atoms with Crippen LogP contribution in [0.3, 0.4) is 0 Å². The molecule has 7 heteroatoms. The van der Waals surface area contributed by atoms with Crippen molar-refractivity contribution >= 4 is 16.2 Å². The third kappa shape index (κ3) is 5.36. The van der Waals surface area contributed by atoms with Crippen molar-refractivity contribution in [3.05, 3.63) is 0 Å². The van der Waals surface area contributed by atoms with Gasteiger partial charge in [0.15, 0.2) is 0 Å². The normalized spacial score (nSPS) is 22.0. The van der Waals surface area contributed by atoms with Gasteiger partial charge in [-0.25, -0.2) is 4.79 Å². The van der Waals surface area contributed by atoms with Gasteiger partial charge in [-0.05, 0) is 26.2 Å². The molecule has 0 aromatic heterocycles. The number of likely N-dealkylation sites (tertiary alicyclic amines) is 1. The van der Waals surface area contributed by atoms with Gasteiger partial charge in [-0.1, -0.05) is 0 Å². The summed E-state index contributed by atoms with van der Waals surface area (Å²) in [5.41, 5.74) is 0. The maximum Gasteiger partial charge on any atom is 0.409 e. The van der Waals surface area contributed by atoms with Crippen LogP contribution >= 0.6 is 0 Å². The molecule has 0 aromatic carbocycles. The summed E-state index contributed by atoms with van der Waals surface area (Å²) in [4.78, 5) is 13.1. The van der Waals surface area contributed by atoms with Crippen molar-refractivity contribution in [3.8, 4) is 0 Å². The highest BCUT2D eigenvalue weighted by Gasteiger charge is 2.23. The van der Waals surface area contributed by atoms with E-state index >= 15 is 0 Å². The Bertz CT molecular complexity index is 354. The van der Waals surface area contributed by atoms with E-state index in [0.717, 1.165) is 12.7 Å². The van der Waals surface area contributed by atoms with Crippen LogP contribution in [-0.2, 0) is 19.0 Å². The fourth-order valence-electron chi connectivity index (χ4n) is 1.81. The summed E-state index contributed by atoms with van der Waals surface area (Å²) >= 11 is 0. The topological polar surface area (TPSA) is 72.9 Å². The van der Waals surface area contributed by atoms with Gasteiger partial charge in [-0.2, -0.15) is 8.42 Å². The van der Waals surface area contributed by atoms with Gasteiger partial charge >= 0.3 is 6.09 Å². The molecule has 1 saturated heterocycles. The third-order valence-corrected chi connectivity index (χ3v) is 3.13. The van der Waals surface area contributed by atoms with Crippen LogP contribution in [-0.4, -0.2) is 51.5 Å². The van der Waals surface area contributed by atoms with Crippen molar-refractivity contribution in [2.24, 2.45) is 0 Å². The summed E-state index contributed by atoms with van der Waals surface area (Å²) in [7, 11) is -3.42. The Hall–Kier alpha value is -0.820.